The summed E-state index contributed by atoms with van der Waals surface area (Å²) in [5, 5.41) is 1.05. The van der Waals surface area contributed by atoms with Crippen LogP contribution >= 0.6 is 0 Å². The molecule has 0 saturated heterocycles. The average Bonchev–Trinajstić information content (AvgIpc) is 2.39. The molecule has 0 aliphatic rings. The molecule has 3 rings (SSSR count). The predicted octanol–water partition coefficient (Wildman–Crippen LogP) is 3.61. The Morgan fingerprint density at radius 3 is 2.67 bits per heavy atom. The largest absolute Gasteiger partial charge is 0.456 e. The van der Waals surface area contributed by atoms with Gasteiger partial charge in [-0.2, -0.15) is 0 Å². The zero-order chi connectivity index (χ0) is 12.4. The smallest absolute Gasteiger partial charge is 0.146 e. The Hall–Kier alpha value is -2.55. The zero-order valence-electron chi connectivity index (χ0n) is 9.71. The highest BCUT2D eigenvalue weighted by atomic mass is 16.5. The highest BCUT2D eigenvalue weighted by molar-refractivity contribution is 5.79. The molecule has 3 aromatic rings. The summed E-state index contributed by atoms with van der Waals surface area (Å²) >= 11 is 0. The molecule has 18 heavy (non-hydrogen) atoms. The van der Waals surface area contributed by atoms with Gasteiger partial charge in [-0.25, -0.2) is 0 Å². The van der Waals surface area contributed by atoms with Gasteiger partial charge in [0, 0.05) is 17.1 Å². The van der Waals surface area contributed by atoms with Crippen molar-refractivity contribution in [2.24, 2.45) is 0 Å². The van der Waals surface area contributed by atoms with Gasteiger partial charge in [0.05, 0.1) is 11.7 Å². The summed E-state index contributed by atoms with van der Waals surface area (Å²) in [6.07, 6.45) is 1.71. The lowest BCUT2D eigenvalue weighted by molar-refractivity contribution is 0.481. The van der Waals surface area contributed by atoms with Gasteiger partial charge in [-0.3, -0.25) is 4.98 Å². The van der Waals surface area contributed by atoms with E-state index < -0.39 is 0 Å². The van der Waals surface area contributed by atoms with E-state index in [1.165, 1.54) is 0 Å². The minimum Gasteiger partial charge on any atom is -0.456 e. The SMILES string of the molecule is Nc1cccc(Oc2cnc3ccccc3c2)c1. The molecule has 1 aromatic heterocycles. The normalized spacial score (nSPS) is 10.4. The van der Waals surface area contributed by atoms with Crippen LogP contribution < -0.4 is 10.5 Å². The molecule has 2 N–H and O–H groups in total. The number of aromatic nitrogens is 1. The van der Waals surface area contributed by atoms with Crippen LogP contribution in [0, 0.1) is 0 Å². The number of fused-ring (bicyclic) bond motifs is 1. The lowest BCUT2D eigenvalue weighted by Crippen LogP contribution is -1.88. The minimum absolute atomic E-state index is 0.682. The first-order chi connectivity index (χ1) is 8.81. The fourth-order valence-corrected chi connectivity index (χ4v) is 1.82. The van der Waals surface area contributed by atoms with Crippen LogP contribution in [-0.4, -0.2) is 4.98 Å². The summed E-state index contributed by atoms with van der Waals surface area (Å²) in [6, 6.07) is 17.2. The molecule has 0 bridgehead atoms. The molecule has 0 radical (unpaired) electrons. The maximum Gasteiger partial charge on any atom is 0.146 e. The standard InChI is InChI=1S/C15H12N2O/c16-12-5-3-6-13(9-12)18-14-8-11-4-1-2-7-15(11)17-10-14/h1-10H,16H2. The molecule has 2 aromatic carbocycles. The number of nitrogen functional groups attached to an aromatic ring is 1. The molecule has 88 valence electrons. The van der Waals surface area contributed by atoms with Gasteiger partial charge in [-0.05, 0) is 24.3 Å². The number of pyridine rings is 1. The fourth-order valence-electron chi connectivity index (χ4n) is 1.82. The Bertz CT molecular complexity index is 695. The van der Waals surface area contributed by atoms with Crippen LogP contribution in [0.15, 0.2) is 60.8 Å². The third-order valence-electron chi connectivity index (χ3n) is 2.66. The van der Waals surface area contributed by atoms with Crippen molar-refractivity contribution in [3.05, 3.63) is 60.8 Å². The Morgan fingerprint density at radius 2 is 1.78 bits per heavy atom. The maximum atomic E-state index is 5.72. The van der Waals surface area contributed by atoms with Crippen molar-refractivity contribution < 1.29 is 4.74 Å². The van der Waals surface area contributed by atoms with Crippen LogP contribution in [0.2, 0.25) is 0 Å². The van der Waals surface area contributed by atoms with Crippen molar-refractivity contribution >= 4 is 16.6 Å². The molecule has 0 saturated carbocycles. The highest BCUT2D eigenvalue weighted by Crippen LogP contribution is 2.25. The first-order valence-electron chi connectivity index (χ1n) is 5.69. The molecule has 0 fully saturated rings. The van der Waals surface area contributed by atoms with Crippen LogP contribution in [-0.2, 0) is 0 Å². The van der Waals surface area contributed by atoms with Crippen LogP contribution in [0.3, 0.4) is 0 Å². The van der Waals surface area contributed by atoms with E-state index in [0.717, 1.165) is 10.9 Å². The van der Waals surface area contributed by atoms with Crippen molar-refractivity contribution in [1.29, 1.82) is 0 Å². The van der Waals surface area contributed by atoms with Gasteiger partial charge in [0.25, 0.3) is 0 Å². The van der Waals surface area contributed by atoms with Crippen LogP contribution in [0.5, 0.6) is 11.5 Å². The number of rotatable bonds is 2. The van der Waals surface area contributed by atoms with E-state index in [0.29, 0.717) is 17.2 Å². The molecule has 0 aliphatic carbocycles. The summed E-state index contributed by atoms with van der Waals surface area (Å²) in [7, 11) is 0. The number of benzene rings is 2. The molecule has 0 unspecified atom stereocenters. The number of para-hydroxylation sites is 1. The molecular weight excluding hydrogens is 224 g/mol. The predicted molar refractivity (Wildman–Crippen MR) is 72.7 cm³/mol. The first-order valence-corrected chi connectivity index (χ1v) is 5.69. The van der Waals surface area contributed by atoms with E-state index in [9.17, 15) is 0 Å². The Labute approximate surface area is 105 Å². The molecule has 3 nitrogen and oxygen atoms in total. The number of nitrogens with two attached hydrogens (primary N) is 1. The molecular formula is C15H12N2O. The molecule has 3 heteroatoms. The van der Waals surface area contributed by atoms with Crippen molar-refractivity contribution in [1.82, 2.24) is 4.98 Å². The number of ether oxygens (including phenoxy) is 1. The van der Waals surface area contributed by atoms with Gasteiger partial charge in [0.15, 0.2) is 0 Å². The van der Waals surface area contributed by atoms with Gasteiger partial charge >= 0.3 is 0 Å². The minimum atomic E-state index is 0.682. The van der Waals surface area contributed by atoms with Gasteiger partial charge in [-0.1, -0.05) is 24.3 Å². The second-order valence-corrected chi connectivity index (χ2v) is 4.04. The molecule has 0 atom stereocenters. The molecule has 0 aliphatic heterocycles. The third kappa shape index (κ3) is 2.11. The van der Waals surface area contributed by atoms with Crippen molar-refractivity contribution in [3.8, 4) is 11.5 Å². The average molecular weight is 236 g/mol. The Morgan fingerprint density at radius 1 is 0.889 bits per heavy atom. The van der Waals surface area contributed by atoms with Gasteiger partial charge < -0.3 is 10.5 Å². The van der Waals surface area contributed by atoms with Gasteiger partial charge in [0.2, 0.25) is 0 Å². The Balaban J connectivity index is 1.95. The van der Waals surface area contributed by atoms with Crippen molar-refractivity contribution in [3.63, 3.8) is 0 Å². The monoisotopic (exact) mass is 236 g/mol. The van der Waals surface area contributed by atoms with Crippen molar-refractivity contribution in [2.45, 2.75) is 0 Å². The van der Waals surface area contributed by atoms with Gasteiger partial charge in [0.1, 0.15) is 11.5 Å². The zero-order valence-corrected chi connectivity index (χ0v) is 9.71. The summed E-state index contributed by atoms with van der Waals surface area (Å²) in [5.74, 6) is 1.42. The lowest BCUT2D eigenvalue weighted by atomic mass is 10.2. The number of hydrogen-bond donors (Lipinski definition) is 1. The number of hydrogen-bond acceptors (Lipinski definition) is 3. The first kappa shape index (κ1) is 10.6. The van der Waals surface area contributed by atoms with E-state index >= 15 is 0 Å². The van der Waals surface area contributed by atoms with Crippen molar-refractivity contribution in [2.75, 3.05) is 5.73 Å². The van der Waals surface area contributed by atoms with E-state index in [4.69, 9.17) is 10.5 Å². The molecule has 0 amide bonds. The van der Waals surface area contributed by atoms with E-state index in [2.05, 4.69) is 4.98 Å². The second kappa shape index (κ2) is 4.37. The summed E-state index contributed by atoms with van der Waals surface area (Å²) in [4.78, 5) is 4.34. The second-order valence-electron chi connectivity index (χ2n) is 4.04. The molecule has 0 spiro atoms. The topological polar surface area (TPSA) is 48.1 Å². The number of anilines is 1. The summed E-state index contributed by atoms with van der Waals surface area (Å²) in [5.41, 5.74) is 7.34. The lowest BCUT2D eigenvalue weighted by Gasteiger charge is -2.06. The number of nitrogens with zero attached hydrogens (tertiary/aromatic N) is 1. The van der Waals surface area contributed by atoms with Crippen LogP contribution in [0.4, 0.5) is 5.69 Å². The van der Waals surface area contributed by atoms with E-state index in [1.54, 1.807) is 12.3 Å². The van der Waals surface area contributed by atoms with E-state index in [-0.39, 0.29) is 0 Å². The summed E-state index contributed by atoms with van der Waals surface area (Å²) in [6.45, 7) is 0. The Kier molecular flexibility index (Phi) is 2.57. The highest BCUT2D eigenvalue weighted by Gasteiger charge is 2.00. The molecule has 1 heterocycles. The maximum absolute atomic E-state index is 5.72. The van der Waals surface area contributed by atoms with E-state index in [1.807, 2.05) is 48.5 Å². The van der Waals surface area contributed by atoms with Gasteiger partial charge in [-0.15, -0.1) is 0 Å². The van der Waals surface area contributed by atoms with Crippen LogP contribution in [0.1, 0.15) is 0 Å². The third-order valence-corrected chi connectivity index (χ3v) is 2.66. The quantitative estimate of drug-likeness (QED) is 0.691. The summed E-state index contributed by atoms with van der Waals surface area (Å²) < 4.78 is 5.72. The van der Waals surface area contributed by atoms with Crippen LogP contribution in [0.25, 0.3) is 10.9 Å². The fraction of sp³-hybridized carbons (Fsp3) is 0.